The van der Waals surface area contributed by atoms with Gasteiger partial charge in [-0.1, -0.05) is 13.8 Å². The van der Waals surface area contributed by atoms with E-state index in [1.54, 1.807) is 44.9 Å². The highest BCUT2D eigenvalue weighted by molar-refractivity contribution is 5.14. The zero-order chi connectivity index (χ0) is 12.1. The van der Waals surface area contributed by atoms with Crippen molar-refractivity contribution in [2.45, 2.75) is 58.8 Å². The van der Waals surface area contributed by atoms with Crippen LogP contribution >= 0.6 is 0 Å². The Morgan fingerprint density at radius 2 is 1.50 bits per heavy atom. The number of fused-ring (bicyclic) bond motifs is 5. The minimum Gasteiger partial charge on any atom is -0.0620 e. The lowest BCUT2D eigenvalue weighted by molar-refractivity contribution is -0.179. The van der Waals surface area contributed by atoms with Gasteiger partial charge in [-0.15, -0.1) is 0 Å². The largest absolute Gasteiger partial charge is 0.0620 e. The Labute approximate surface area is 112 Å². The minimum atomic E-state index is 0.859. The van der Waals surface area contributed by atoms with E-state index in [1.807, 2.05) is 0 Å². The van der Waals surface area contributed by atoms with Crippen molar-refractivity contribution in [2.75, 3.05) is 0 Å². The molecule has 0 nitrogen and oxygen atoms in total. The molecular formula is C18H28. The fraction of sp³-hybridized carbons (Fsp3) is 1.00. The summed E-state index contributed by atoms with van der Waals surface area (Å²) in [5.41, 5.74) is 0.859. The van der Waals surface area contributed by atoms with Gasteiger partial charge in [-0.3, -0.25) is 0 Å². The maximum atomic E-state index is 2.63. The van der Waals surface area contributed by atoms with Gasteiger partial charge in [0.05, 0.1) is 0 Å². The quantitative estimate of drug-likeness (QED) is 0.577. The van der Waals surface area contributed by atoms with Crippen LogP contribution in [0.3, 0.4) is 0 Å². The van der Waals surface area contributed by atoms with E-state index in [0.717, 1.165) is 40.9 Å². The number of hydrogen-bond donors (Lipinski definition) is 0. The van der Waals surface area contributed by atoms with Crippen molar-refractivity contribution < 1.29 is 0 Å². The Morgan fingerprint density at radius 3 is 2.22 bits per heavy atom. The monoisotopic (exact) mass is 244 g/mol. The highest BCUT2D eigenvalue weighted by Crippen LogP contribution is 2.73. The molecule has 0 N–H and O–H groups in total. The fourth-order valence-electron chi connectivity index (χ4n) is 7.87. The van der Waals surface area contributed by atoms with Gasteiger partial charge in [0.2, 0.25) is 0 Å². The lowest BCUT2D eigenvalue weighted by atomic mass is 9.38. The summed E-state index contributed by atoms with van der Waals surface area (Å²) in [6, 6.07) is 0. The average molecular weight is 244 g/mol. The molecule has 0 aliphatic heterocycles. The molecule has 6 aliphatic carbocycles. The molecule has 9 atom stereocenters. The van der Waals surface area contributed by atoms with Crippen molar-refractivity contribution in [3.63, 3.8) is 0 Å². The highest BCUT2D eigenvalue weighted by atomic mass is 14.7. The Bertz CT molecular complexity index is 381. The van der Waals surface area contributed by atoms with E-state index in [0.29, 0.717) is 0 Å². The van der Waals surface area contributed by atoms with Crippen LogP contribution in [0.4, 0.5) is 0 Å². The van der Waals surface area contributed by atoms with Crippen molar-refractivity contribution in [1.29, 1.82) is 0 Å². The summed E-state index contributed by atoms with van der Waals surface area (Å²) in [5.74, 6) is 9.06. The molecule has 0 saturated heterocycles. The van der Waals surface area contributed by atoms with Crippen LogP contribution in [-0.2, 0) is 0 Å². The van der Waals surface area contributed by atoms with Crippen LogP contribution in [0, 0.1) is 52.8 Å². The lowest BCUT2D eigenvalue weighted by Crippen LogP contribution is -2.60. The molecular weight excluding hydrogens is 216 g/mol. The minimum absolute atomic E-state index is 0.859. The van der Waals surface area contributed by atoms with Crippen LogP contribution < -0.4 is 0 Å². The summed E-state index contributed by atoms with van der Waals surface area (Å²) in [6.45, 7) is 5.27. The van der Waals surface area contributed by atoms with Crippen LogP contribution in [0.15, 0.2) is 0 Å². The summed E-state index contributed by atoms with van der Waals surface area (Å²) in [6.07, 6.45) is 11.2. The van der Waals surface area contributed by atoms with E-state index in [4.69, 9.17) is 0 Å². The SMILES string of the molecule is CC1C(C)C2C3CCC2(CCC2C4CCC4C12)C3. The van der Waals surface area contributed by atoms with Gasteiger partial charge >= 0.3 is 0 Å². The standard InChI is InChI=1S/C18H28/c1-10-11(2)17-12-5-7-18(17,9-12)8-6-15-13-3-4-14(13)16(10)15/h10-17H,3-9H2,1-2H3. The molecule has 6 fully saturated rings. The Balaban J connectivity index is 1.48. The van der Waals surface area contributed by atoms with Gasteiger partial charge in [0, 0.05) is 0 Å². The van der Waals surface area contributed by atoms with Crippen molar-refractivity contribution in [3.05, 3.63) is 0 Å². The van der Waals surface area contributed by atoms with Gasteiger partial charge in [-0.2, -0.15) is 0 Å². The van der Waals surface area contributed by atoms with Crippen LogP contribution in [0.5, 0.6) is 0 Å². The molecule has 0 aromatic rings. The van der Waals surface area contributed by atoms with E-state index in [1.165, 1.54) is 11.8 Å². The number of hydrogen-bond acceptors (Lipinski definition) is 0. The maximum absolute atomic E-state index is 2.63. The summed E-state index contributed by atoms with van der Waals surface area (Å²) >= 11 is 0. The van der Waals surface area contributed by atoms with E-state index in [2.05, 4.69) is 13.8 Å². The summed E-state index contributed by atoms with van der Waals surface area (Å²) < 4.78 is 0. The second-order valence-electron chi connectivity index (χ2n) is 8.79. The third-order valence-corrected chi connectivity index (χ3v) is 8.80. The molecule has 0 radical (unpaired) electrons. The van der Waals surface area contributed by atoms with Gasteiger partial charge in [0.1, 0.15) is 0 Å². The van der Waals surface area contributed by atoms with E-state index >= 15 is 0 Å². The predicted octanol–water partition coefficient (Wildman–Crippen LogP) is 4.74. The van der Waals surface area contributed by atoms with Gasteiger partial charge in [-0.05, 0) is 97.7 Å². The predicted molar refractivity (Wildman–Crippen MR) is 74.0 cm³/mol. The Hall–Kier alpha value is 0. The van der Waals surface area contributed by atoms with E-state index < -0.39 is 0 Å². The van der Waals surface area contributed by atoms with Gasteiger partial charge in [-0.25, -0.2) is 0 Å². The van der Waals surface area contributed by atoms with Crippen molar-refractivity contribution in [2.24, 2.45) is 52.8 Å². The first-order valence-corrected chi connectivity index (χ1v) is 8.71. The average Bonchev–Trinajstić information content (AvgIpc) is 2.86. The first kappa shape index (κ1) is 10.7. The third-order valence-electron chi connectivity index (χ3n) is 8.80. The molecule has 9 unspecified atom stereocenters. The molecule has 0 heterocycles. The molecule has 6 saturated carbocycles. The van der Waals surface area contributed by atoms with Crippen LogP contribution in [-0.4, -0.2) is 0 Å². The van der Waals surface area contributed by atoms with Gasteiger partial charge in [0.15, 0.2) is 0 Å². The van der Waals surface area contributed by atoms with Gasteiger partial charge < -0.3 is 0 Å². The van der Waals surface area contributed by atoms with E-state index in [9.17, 15) is 0 Å². The zero-order valence-corrected chi connectivity index (χ0v) is 12.1. The molecule has 6 aliphatic rings. The summed E-state index contributed by atoms with van der Waals surface area (Å²) in [4.78, 5) is 0. The molecule has 2 bridgehead atoms. The second kappa shape index (κ2) is 3.18. The van der Waals surface area contributed by atoms with Gasteiger partial charge in [0.25, 0.3) is 0 Å². The molecule has 100 valence electrons. The topological polar surface area (TPSA) is 0 Å². The maximum Gasteiger partial charge on any atom is -0.0261 e. The first-order chi connectivity index (χ1) is 8.71. The molecule has 0 aromatic heterocycles. The molecule has 0 amide bonds. The molecule has 0 aromatic carbocycles. The van der Waals surface area contributed by atoms with E-state index in [-0.39, 0.29) is 0 Å². The van der Waals surface area contributed by atoms with Crippen molar-refractivity contribution >= 4 is 0 Å². The summed E-state index contributed by atoms with van der Waals surface area (Å²) in [7, 11) is 0. The summed E-state index contributed by atoms with van der Waals surface area (Å²) in [5, 5.41) is 0. The third kappa shape index (κ3) is 1.00. The molecule has 0 heteroatoms. The highest BCUT2D eigenvalue weighted by Gasteiger charge is 2.65. The molecule has 1 spiro atoms. The molecule has 6 rings (SSSR count). The Morgan fingerprint density at radius 1 is 0.778 bits per heavy atom. The second-order valence-corrected chi connectivity index (χ2v) is 8.79. The Kier molecular flexibility index (Phi) is 1.90. The first-order valence-electron chi connectivity index (χ1n) is 8.71. The van der Waals surface area contributed by atoms with Crippen LogP contribution in [0.1, 0.15) is 58.8 Å². The van der Waals surface area contributed by atoms with Crippen molar-refractivity contribution in [3.8, 4) is 0 Å². The lowest BCUT2D eigenvalue weighted by Gasteiger charge is -2.66. The smallest absolute Gasteiger partial charge is 0.0261 e. The normalized spacial score (nSPS) is 68.3. The zero-order valence-electron chi connectivity index (χ0n) is 12.1. The fourth-order valence-corrected chi connectivity index (χ4v) is 7.87. The van der Waals surface area contributed by atoms with Crippen LogP contribution in [0.2, 0.25) is 0 Å². The van der Waals surface area contributed by atoms with Crippen molar-refractivity contribution in [1.82, 2.24) is 0 Å². The van der Waals surface area contributed by atoms with Crippen LogP contribution in [0.25, 0.3) is 0 Å². The number of rotatable bonds is 0. The molecule has 18 heavy (non-hydrogen) atoms.